The fraction of sp³-hybridized carbons (Fsp3) is 0.333. The van der Waals surface area contributed by atoms with Gasteiger partial charge in [0.2, 0.25) is 10.0 Å². The van der Waals surface area contributed by atoms with Crippen LogP contribution in [0.2, 0.25) is 0 Å². The minimum Gasteiger partial charge on any atom is -0.494 e. The molecule has 0 atom stereocenters. The molecular formula is C18H23NO3S. The van der Waals surface area contributed by atoms with Gasteiger partial charge in [0.25, 0.3) is 0 Å². The van der Waals surface area contributed by atoms with Crippen molar-refractivity contribution in [1.82, 2.24) is 4.31 Å². The molecule has 0 fully saturated rings. The molecule has 0 saturated heterocycles. The zero-order chi connectivity index (χ0) is 17.0. The van der Waals surface area contributed by atoms with Crippen molar-refractivity contribution in [1.29, 1.82) is 0 Å². The molecule has 0 aliphatic heterocycles. The van der Waals surface area contributed by atoms with Crippen LogP contribution >= 0.6 is 0 Å². The van der Waals surface area contributed by atoms with Gasteiger partial charge in [0.1, 0.15) is 5.75 Å². The Kier molecular flexibility index (Phi) is 5.44. The van der Waals surface area contributed by atoms with Gasteiger partial charge in [-0.05, 0) is 55.7 Å². The zero-order valence-corrected chi connectivity index (χ0v) is 14.9. The fourth-order valence-electron chi connectivity index (χ4n) is 2.40. The standard InChI is InChI=1S/C18H23NO3S/c1-5-22-17-8-6-7-16(12-17)13-19(4)23(20,21)18-11-14(2)9-10-15(18)3/h6-12H,5,13H2,1-4H3. The van der Waals surface area contributed by atoms with E-state index < -0.39 is 10.0 Å². The van der Waals surface area contributed by atoms with E-state index in [0.29, 0.717) is 18.0 Å². The average Bonchev–Trinajstić information content (AvgIpc) is 2.50. The molecule has 2 aromatic rings. The summed E-state index contributed by atoms with van der Waals surface area (Å²) in [6.45, 7) is 6.51. The number of rotatable bonds is 6. The summed E-state index contributed by atoms with van der Waals surface area (Å²) in [5, 5.41) is 0. The highest BCUT2D eigenvalue weighted by Gasteiger charge is 2.23. The number of hydrogen-bond acceptors (Lipinski definition) is 3. The van der Waals surface area contributed by atoms with Gasteiger partial charge in [-0.25, -0.2) is 8.42 Å². The minimum atomic E-state index is -3.52. The van der Waals surface area contributed by atoms with E-state index in [1.54, 1.807) is 13.1 Å². The second-order valence-corrected chi connectivity index (χ2v) is 7.62. The lowest BCUT2D eigenvalue weighted by Gasteiger charge is -2.19. The van der Waals surface area contributed by atoms with Gasteiger partial charge in [-0.2, -0.15) is 4.31 Å². The van der Waals surface area contributed by atoms with E-state index in [0.717, 1.165) is 22.4 Å². The summed E-state index contributed by atoms with van der Waals surface area (Å²) in [6, 6.07) is 13.0. The van der Waals surface area contributed by atoms with Crippen molar-refractivity contribution in [2.45, 2.75) is 32.2 Å². The first-order chi connectivity index (χ1) is 10.8. The SMILES string of the molecule is CCOc1cccc(CN(C)S(=O)(=O)c2cc(C)ccc2C)c1. The van der Waals surface area contributed by atoms with Crippen molar-refractivity contribution >= 4 is 10.0 Å². The number of ether oxygens (including phenoxy) is 1. The highest BCUT2D eigenvalue weighted by atomic mass is 32.2. The number of aryl methyl sites for hydroxylation is 2. The van der Waals surface area contributed by atoms with Crippen molar-refractivity contribution < 1.29 is 13.2 Å². The molecule has 5 heteroatoms. The molecule has 0 aromatic heterocycles. The van der Waals surface area contributed by atoms with Gasteiger partial charge in [0, 0.05) is 13.6 Å². The summed E-state index contributed by atoms with van der Waals surface area (Å²) in [5.74, 6) is 0.752. The molecule has 0 heterocycles. The Morgan fingerprint density at radius 2 is 1.83 bits per heavy atom. The Hall–Kier alpha value is -1.85. The topological polar surface area (TPSA) is 46.6 Å². The summed E-state index contributed by atoms with van der Waals surface area (Å²) in [5.41, 5.74) is 2.58. The van der Waals surface area contributed by atoms with E-state index in [1.165, 1.54) is 4.31 Å². The van der Waals surface area contributed by atoms with Gasteiger partial charge in [0.05, 0.1) is 11.5 Å². The number of sulfonamides is 1. The van der Waals surface area contributed by atoms with E-state index in [9.17, 15) is 8.42 Å². The van der Waals surface area contributed by atoms with Crippen molar-refractivity contribution in [3.8, 4) is 5.75 Å². The van der Waals surface area contributed by atoms with Crippen LogP contribution in [0.1, 0.15) is 23.6 Å². The van der Waals surface area contributed by atoms with Crippen LogP contribution in [-0.4, -0.2) is 26.4 Å². The molecule has 0 bridgehead atoms. The van der Waals surface area contributed by atoms with Gasteiger partial charge in [0.15, 0.2) is 0 Å². The van der Waals surface area contributed by atoms with E-state index in [-0.39, 0.29) is 0 Å². The monoisotopic (exact) mass is 333 g/mol. The number of benzene rings is 2. The van der Waals surface area contributed by atoms with Crippen molar-refractivity contribution in [3.63, 3.8) is 0 Å². The quantitative estimate of drug-likeness (QED) is 0.812. The van der Waals surface area contributed by atoms with E-state index in [2.05, 4.69) is 0 Å². The minimum absolute atomic E-state index is 0.302. The molecule has 0 aliphatic carbocycles. The summed E-state index contributed by atoms with van der Waals surface area (Å²) < 4.78 is 32.5. The van der Waals surface area contributed by atoms with Gasteiger partial charge >= 0.3 is 0 Å². The Morgan fingerprint density at radius 1 is 1.09 bits per heavy atom. The van der Waals surface area contributed by atoms with Crippen molar-refractivity contribution in [3.05, 3.63) is 59.2 Å². The first kappa shape index (κ1) is 17.5. The van der Waals surface area contributed by atoms with Gasteiger partial charge in [-0.15, -0.1) is 0 Å². The lowest BCUT2D eigenvalue weighted by molar-refractivity contribution is 0.339. The summed E-state index contributed by atoms with van der Waals surface area (Å²) >= 11 is 0. The summed E-state index contributed by atoms with van der Waals surface area (Å²) in [4.78, 5) is 0.362. The molecule has 2 rings (SSSR count). The molecule has 2 aromatic carbocycles. The highest BCUT2D eigenvalue weighted by molar-refractivity contribution is 7.89. The first-order valence-electron chi connectivity index (χ1n) is 7.60. The predicted molar refractivity (Wildman–Crippen MR) is 92.2 cm³/mol. The van der Waals surface area contributed by atoms with Crippen molar-refractivity contribution in [2.24, 2.45) is 0 Å². The lowest BCUT2D eigenvalue weighted by atomic mass is 10.2. The molecule has 124 valence electrons. The highest BCUT2D eigenvalue weighted by Crippen LogP contribution is 2.22. The van der Waals surface area contributed by atoms with E-state index in [1.807, 2.05) is 57.2 Å². The zero-order valence-electron chi connectivity index (χ0n) is 14.0. The van der Waals surface area contributed by atoms with Crippen LogP contribution in [0.25, 0.3) is 0 Å². The number of nitrogens with zero attached hydrogens (tertiary/aromatic N) is 1. The molecule has 0 amide bonds. The molecule has 0 unspecified atom stereocenters. The largest absolute Gasteiger partial charge is 0.494 e. The lowest BCUT2D eigenvalue weighted by Crippen LogP contribution is -2.27. The van der Waals surface area contributed by atoms with Gasteiger partial charge in [-0.1, -0.05) is 24.3 Å². The van der Waals surface area contributed by atoms with Crippen LogP contribution in [0.5, 0.6) is 5.75 Å². The third-order valence-electron chi connectivity index (χ3n) is 3.65. The Labute approximate surface area is 138 Å². The maximum atomic E-state index is 12.8. The third-order valence-corrected chi connectivity index (χ3v) is 5.59. The van der Waals surface area contributed by atoms with Crippen LogP contribution in [-0.2, 0) is 16.6 Å². The van der Waals surface area contributed by atoms with Crippen LogP contribution < -0.4 is 4.74 Å². The Morgan fingerprint density at radius 3 is 2.52 bits per heavy atom. The van der Waals surface area contributed by atoms with Crippen LogP contribution in [0.15, 0.2) is 47.4 Å². The summed E-state index contributed by atoms with van der Waals surface area (Å²) in [7, 11) is -1.92. The van der Waals surface area contributed by atoms with Crippen LogP contribution in [0.3, 0.4) is 0 Å². The van der Waals surface area contributed by atoms with Crippen LogP contribution in [0.4, 0.5) is 0 Å². The van der Waals surface area contributed by atoms with Crippen LogP contribution in [0, 0.1) is 13.8 Å². The molecule has 0 N–H and O–H groups in total. The Bertz CT molecular complexity index is 785. The second kappa shape index (κ2) is 7.15. The molecule has 23 heavy (non-hydrogen) atoms. The average molecular weight is 333 g/mol. The molecule has 4 nitrogen and oxygen atoms in total. The fourth-order valence-corrected chi connectivity index (χ4v) is 3.86. The second-order valence-electron chi connectivity index (χ2n) is 5.61. The first-order valence-corrected chi connectivity index (χ1v) is 9.04. The maximum Gasteiger partial charge on any atom is 0.243 e. The molecule has 0 saturated carbocycles. The molecule has 0 aliphatic rings. The molecule has 0 spiro atoms. The summed E-state index contributed by atoms with van der Waals surface area (Å²) in [6.07, 6.45) is 0. The van der Waals surface area contributed by atoms with Gasteiger partial charge in [-0.3, -0.25) is 0 Å². The van der Waals surface area contributed by atoms with Crippen molar-refractivity contribution in [2.75, 3.05) is 13.7 Å². The molecular weight excluding hydrogens is 310 g/mol. The van der Waals surface area contributed by atoms with E-state index in [4.69, 9.17) is 4.74 Å². The predicted octanol–water partition coefficient (Wildman–Crippen LogP) is 3.52. The smallest absolute Gasteiger partial charge is 0.243 e. The maximum absolute atomic E-state index is 12.8. The van der Waals surface area contributed by atoms with Gasteiger partial charge < -0.3 is 4.74 Å². The molecule has 0 radical (unpaired) electrons. The number of hydrogen-bond donors (Lipinski definition) is 0. The van der Waals surface area contributed by atoms with E-state index >= 15 is 0 Å². The normalized spacial score (nSPS) is 11.7. The Balaban J connectivity index is 2.27. The third kappa shape index (κ3) is 4.12.